The molecule has 1 aliphatic heterocycles. The molecule has 0 spiro atoms. The lowest BCUT2D eigenvalue weighted by molar-refractivity contribution is 0.156. The third kappa shape index (κ3) is 3.06. The molecule has 1 fully saturated rings. The maximum atomic E-state index is 11.7. The van der Waals surface area contributed by atoms with Gasteiger partial charge in [0.2, 0.25) is 20.9 Å². The van der Waals surface area contributed by atoms with Crippen LogP contribution in [0.5, 0.6) is 5.88 Å². The lowest BCUT2D eigenvalue weighted by atomic mass is 10.1. The minimum Gasteiger partial charge on any atom is -0.492 e. The number of thiazole rings is 1. The summed E-state index contributed by atoms with van der Waals surface area (Å²) in [4.78, 5) is 7.78. The zero-order valence-electron chi connectivity index (χ0n) is 13.4. The van der Waals surface area contributed by atoms with Gasteiger partial charge in [0.05, 0.1) is 17.2 Å². The number of rotatable bonds is 4. The van der Waals surface area contributed by atoms with E-state index in [0.717, 1.165) is 10.4 Å². The van der Waals surface area contributed by atoms with Gasteiger partial charge < -0.3 is 5.11 Å². The van der Waals surface area contributed by atoms with Crippen LogP contribution in [-0.4, -0.2) is 69.8 Å². The SMILES string of the molecule is CS(=O)(=O)N1CCN([C@@H](c2ccsc2)c2sc3ncnn3c2O)CC1. The molecule has 0 saturated carbocycles. The zero-order chi connectivity index (χ0) is 17.6. The molecule has 0 radical (unpaired) electrons. The van der Waals surface area contributed by atoms with Crippen molar-refractivity contribution >= 4 is 37.7 Å². The summed E-state index contributed by atoms with van der Waals surface area (Å²) in [6.07, 6.45) is 2.66. The summed E-state index contributed by atoms with van der Waals surface area (Å²) in [5.41, 5.74) is 1.08. The van der Waals surface area contributed by atoms with E-state index in [0.29, 0.717) is 31.1 Å². The Bertz CT molecular complexity index is 971. The number of hydrogen-bond acceptors (Lipinski definition) is 8. The van der Waals surface area contributed by atoms with E-state index in [1.807, 2.05) is 11.4 Å². The normalized spacial score (nSPS) is 18.8. The number of nitrogens with zero attached hydrogens (tertiary/aromatic N) is 5. The van der Waals surface area contributed by atoms with Crippen LogP contribution in [0.3, 0.4) is 0 Å². The lowest BCUT2D eigenvalue weighted by Gasteiger charge is -2.37. The van der Waals surface area contributed by atoms with Gasteiger partial charge in [-0.1, -0.05) is 11.3 Å². The van der Waals surface area contributed by atoms with Gasteiger partial charge in [0.1, 0.15) is 6.33 Å². The van der Waals surface area contributed by atoms with E-state index < -0.39 is 10.0 Å². The first kappa shape index (κ1) is 16.9. The van der Waals surface area contributed by atoms with Gasteiger partial charge in [-0.15, -0.1) is 0 Å². The highest BCUT2D eigenvalue weighted by Crippen LogP contribution is 2.40. The summed E-state index contributed by atoms with van der Waals surface area (Å²) >= 11 is 3.01. The van der Waals surface area contributed by atoms with Crippen LogP contribution < -0.4 is 0 Å². The Kier molecular flexibility index (Phi) is 4.28. The van der Waals surface area contributed by atoms with E-state index in [1.165, 1.54) is 32.7 Å². The van der Waals surface area contributed by atoms with E-state index in [4.69, 9.17) is 0 Å². The summed E-state index contributed by atoms with van der Waals surface area (Å²) in [7, 11) is -3.18. The predicted octanol–water partition coefficient (Wildman–Crippen LogP) is 1.22. The number of fused-ring (bicyclic) bond motifs is 1. The second-order valence-electron chi connectivity index (χ2n) is 5.90. The molecule has 3 aromatic rings. The Morgan fingerprint density at radius 1 is 1.28 bits per heavy atom. The van der Waals surface area contributed by atoms with Crippen molar-refractivity contribution < 1.29 is 13.5 Å². The molecule has 4 heterocycles. The van der Waals surface area contributed by atoms with E-state index in [2.05, 4.69) is 20.4 Å². The van der Waals surface area contributed by atoms with E-state index in [1.54, 1.807) is 11.3 Å². The molecule has 0 aliphatic carbocycles. The van der Waals surface area contributed by atoms with Gasteiger partial charge in [0.15, 0.2) is 0 Å². The summed E-state index contributed by atoms with van der Waals surface area (Å²) in [6.45, 7) is 2.09. The van der Waals surface area contributed by atoms with Gasteiger partial charge in [-0.2, -0.15) is 25.3 Å². The number of sulfonamides is 1. The molecule has 1 atom stereocenters. The number of aromatic nitrogens is 3. The molecule has 0 aromatic carbocycles. The molecule has 8 nitrogen and oxygen atoms in total. The Morgan fingerprint density at radius 2 is 2.04 bits per heavy atom. The maximum absolute atomic E-state index is 11.7. The van der Waals surface area contributed by atoms with Crippen molar-refractivity contribution in [3.63, 3.8) is 0 Å². The van der Waals surface area contributed by atoms with Gasteiger partial charge in [0, 0.05) is 26.2 Å². The fourth-order valence-electron chi connectivity index (χ4n) is 3.12. The van der Waals surface area contributed by atoms with Gasteiger partial charge in [-0.05, 0) is 22.4 Å². The Hall–Kier alpha value is -1.53. The molecule has 0 bridgehead atoms. The number of hydrogen-bond donors (Lipinski definition) is 1. The van der Waals surface area contributed by atoms with Crippen LogP contribution in [0.2, 0.25) is 0 Å². The van der Waals surface area contributed by atoms with Gasteiger partial charge in [-0.3, -0.25) is 4.90 Å². The first-order chi connectivity index (χ1) is 11.9. The minimum atomic E-state index is -3.18. The monoisotopic (exact) mass is 399 g/mol. The highest BCUT2D eigenvalue weighted by molar-refractivity contribution is 7.88. The summed E-state index contributed by atoms with van der Waals surface area (Å²) in [5.74, 6) is 0.0965. The van der Waals surface area contributed by atoms with Crippen LogP contribution in [0.25, 0.3) is 4.96 Å². The number of piperazine rings is 1. The molecule has 11 heteroatoms. The fourth-order valence-corrected chi connectivity index (χ4v) is 5.72. The average Bonchev–Trinajstić information content (AvgIpc) is 3.29. The molecule has 1 aliphatic rings. The lowest BCUT2D eigenvalue weighted by Crippen LogP contribution is -2.49. The molecule has 1 saturated heterocycles. The third-order valence-electron chi connectivity index (χ3n) is 4.35. The molecule has 0 amide bonds. The smallest absolute Gasteiger partial charge is 0.230 e. The van der Waals surface area contributed by atoms with Crippen molar-refractivity contribution in [3.8, 4) is 5.88 Å². The van der Waals surface area contributed by atoms with E-state index >= 15 is 0 Å². The second-order valence-corrected chi connectivity index (χ2v) is 9.67. The largest absolute Gasteiger partial charge is 0.492 e. The topological polar surface area (TPSA) is 91.0 Å². The quantitative estimate of drug-likeness (QED) is 0.709. The van der Waals surface area contributed by atoms with Gasteiger partial charge >= 0.3 is 0 Å². The molecule has 134 valence electrons. The summed E-state index contributed by atoms with van der Waals surface area (Å²) in [6, 6.07) is 1.90. The molecule has 3 aromatic heterocycles. The zero-order valence-corrected chi connectivity index (χ0v) is 15.9. The number of aromatic hydroxyl groups is 1. The van der Waals surface area contributed by atoms with Crippen LogP contribution in [0.1, 0.15) is 16.5 Å². The van der Waals surface area contributed by atoms with Crippen LogP contribution in [-0.2, 0) is 10.0 Å². The Labute approximate surface area is 153 Å². The maximum Gasteiger partial charge on any atom is 0.230 e. The van der Waals surface area contributed by atoms with E-state index in [-0.39, 0.29) is 11.9 Å². The predicted molar refractivity (Wildman–Crippen MR) is 96.7 cm³/mol. The highest BCUT2D eigenvalue weighted by atomic mass is 32.2. The van der Waals surface area contributed by atoms with Crippen LogP contribution in [0.4, 0.5) is 0 Å². The standard InChI is InChI=1S/C14H17N5O3S3/c1-25(21,22)18-5-3-17(4-6-18)11(10-2-7-23-8-10)12-13(20)19-14(24-12)15-9-16-19/h2,7-9,11,20H,3-6H2,1H3/t11-/m0/s1. The highest BCUT2D eigenvalue weighted by Gasteiger charge is 2.33. The van der Waals surface area contributed by atoms with E-state index in [9.17, 15) is 13.5 Å². The second kappa shape index (κ2) is 6.32. The minimum absolute atomic E-state index is 0.0965. The van der Waals surface area contributed by atoms with Crippen LogP contribution in [0, 0.1) is 0 Å². The van der Waals surface area contributed by atoms with Crippen molar-refractivity contribution in [1.29, 1.82) is 0 Å². The van der Waals surface area contributed by atoms with Gasteiger partial charge in [0.25, 0.3) is 0 Å². The molecule has 4 rings (SSSR count). The van der Waals surface area contributed by atoms with Crippen molar-refractivity contribution in [2.75, 3.05) is 32.4 Å². The third-order valence-corrected chi connectivity index (χ3v) is 7.44. The first-order valence-electron chi connectivity index (χ1n) is 7.68. The summed E-state index contributed by atoms with van der Waals surface area (Å²) < 4.78 is 26.4. The Morgan fingerprint density at radius 3 is 2.64 bits per heavy atom. The first-order valence-corrected chi connectivity index (χ1v) is 11.3. The Balaban J connectivity index is 1.69. The fraction of sp³-hybridized carbons (Fsp3) is 0.429. The molecule has 25 heavy (non-hydrogen) atoms. The molecular formula is C14H17N5O3S3. The molecule has 1 N–H and O–H groups in total. The van der Waals surface area contributed by atoms with Crippen molar-refractivity contribution in [2.24, 2.45) is 0 Å². The average molecular weight is 400 g/mol. The number of thiophene rings is 1. The molecular weight excluding hydrogens is 382 g/mol. The van der Waals surface area contributed by atoms with Crippen molar-refractivity contribution in [1.82, 2.24) is 23.8 Å². The molecule has 0 unspecified atom stereocenters. The van der Waals surface area contributed by atoms with Crippen LogP contribution in [0.15, 0.2) is 23.2 Å². The van der Waals surface area contributed by atoms with Crippen molar-refractivity contribution in [3.05, 3.63) is 33.6 Å². The van der Waals surface area contributed by atoms with Crippen molar-refractivity contribution in [2.45, 2.75) is 6.04 Å². The van der Waals surface area contributed by atoms with Gasteiger partial charge in [-0.25, -0.2) is 13.4 Å². The van der Waals surface area contributed by atoms with Crippen LogP contribution >= 0.6 is 22.7 Å². The summed E-state index contributed by atoms with van der Waals surface area (Å²) in [5, 5.41) is 18.7.